The third-order valence-electron chi connectivity index (χ3n) is 3.28. The Labute approximate surface area is 111 Å². The van der Waals surface area contributed by atoms with Crippen molar-refractivity contribution in [2.75, 3.05) is 7.05 Å². The van der Waals surface area contributed by atoms with Gasteiger partial charge in [-0.25, -0.2) is 4.79 Å². The van der Waals surface area contributed by atoms with Crippen molar-refractivity contribution < 1.29 is 14.4 Å². The largest absolute Gasteiger partial charge is 0.330 e. The van der Waals surface area contributed by atoms with E-state index in [0.29, 0.717) is 6.42 Å². The molecule has 0 spiro atoms. The number of imide groups is 2. The van der Waals surface area contributed by atoms with E-state index >= 15 is 0 Å². The molecule has 0 aromatic heterocycles. The van der Waals surface area contributed by atoms with Gasteiger partial charge in [0, 0.05) is 7.05 Å². The van der Waals surface area contributed by atoms with Crippen molar-refractivity contribution in [3.8, 4) is 0 Å². The molecule has 5 nitrogen and oxygen atoms in total. The number of urea groups is 1. The van der Waals surface area contributed by atoms with E-state index < -0.39 is 23.8 Å². The number of aryl methyl sites for hydroxylation is 1. The summed E-state index contributed by atoms with van der Waals surface area (Å²) in [5.74, 6) is -1.64. The molecule has 1 fully saturated rings. The lowest BCUT2D eigenvalue weighted by Gasteiger charge is -2.27. The molecular weight excluding hydrogens is 244 g/mol. The summed E-state index contributed by atoms with van der Waals surface area (Å²) in [5.41, 5.74) is 1.18. The second kappa shape index (κ2) is 5.65. The molecule has 0 bridgehead atoms. The molecule has 1 N–H and O–H groups in total. The Kier molecular flexibility index (Phi) is 3.94. The average Bonchev–Trinajstić information content (AvgIpc) is 2.41. The summed E-state index contributed by atoms with van der Waals surface area (Å²) >= 11 is 0. The molecule has 1 heterocycles. The Morgan fingerprint density at radius 2 is 1.84 bits per heavy atom. The van der Waals surface area contributed by atoms with Crippen LogP contribution in [0.4, 0.5) is 4.79 Å². The van der Waals surface area contributed by atoms with E-state index in [0.717, 1.165) is 17.7 Å². The summed E-state index contributed by atoms with van der Waals surface area (Å²) in [5, 5.41) is 2.19. The summed E-state index contributed by atoms with van der Waals surface area (Å²) in [4.78, 5) is 35.7. The van der Waals surface area contributed by atoms with Gasteiger partial charge in [0.15, 0.2) is 0 Å². The normalized spacial score (nSPS) is 19.5. The van der Waals surface area contributed by atoms with Crippen LogP contribution < -0.4 is 5.32 Å². The average molecular weight is 260 g/mol. The maximum Gasteiger partial charge on any atom is 0.330 e. The quantitative estimate of drug-likeness (QED) is 0.831. The van der Waals surface area contributed by atoms with Crippen molar-refractivity contribution in [1.82, 2.24) is 10.2 Å². The monoisotopic (exact) mass is 260 g/mol. The van der Waals surface area contributed by atoms with Crippen molar-refractivity contribution in [3.63, 3.8) is 0 Å². The lowest BCUT2D eigenvalue weighted by molar-refractivity contribution is -0.142. The molecule has 0 radical (unpaired) electrons. The van der Waals surface area contributed by atoms with Crippen LogP contribution in [0.2, 0.25) is 0 Å². The summed E-state index contributed by atoms with van der Waals surface area (Å²) in [6.45, 7) is 0. The molecule has 1 aromatic rings. The zero-order valence-corrected chi connectivity index (χ0v) is 10.8. The number of carbonyl (C=O) groups excluding carboxylic acids is 3. The van der Waals surface area contributed by atoms with Gasteiger partial charge >= 0.3 is 6.03 Å². The van der Waals surface area contributed by atoms with Crippen LogP contribution in [0.1, 0.15) is 18.4 Å². The zero-order valence-electron chi connectivity index (χ0n) is 10.8. The van der Waals surface area contributed by atoms with Gasteiger partial charge in [0.1, 0.15) is 5.92 Å². The van der Waals surface area contributed by atoms with Crippen LogP contribution in [0.5, 0.6) is 0 Å². The van der Waals surface area contributed by atoms with Crippen LogP contribution in [0.15, 0.2) is 30.3 Å². The first-order valence-electron chi connectivity index (χ1n) is 6.26. The van der Waals surface area contributed by atoms with Crippen molar-refractivity contribution in [3.05, 3.63) is 35.9 Å². The van der Waals surface area contributed by atoms with Gasteiger partial charge in [-0.2, -0.15) is 0 Å². The molecular formula is C14H16N2O3. The predicted molar refractivity (Wildman–Crippen MR) is 69.2 cm³/mol. The Morgan fingerprint density at radius 1 is 1.16 bits per heavy atom. The molecule has 4 amide bonds. The van der Waals surface area contributed by atoms with Crippen molar-refractivity contribution in [2.24, 2.45) is 5.92 Å². The van der Waals surface area contributed by atoms with E-state index in [-0.39, 0.29) is 0 Å². The molecule has 0 saturated carbocycles. The number of nitrogens with zero attached hydrogens (tertiary/aromatic N) is 1. The SMILES string of the molecule is CN1C(=O)NC(=O)C(CCCc2ccccc2)C1=O. The third kappa shape index (κ3) is 2.99. The highest BCUT2D eigenvalue weighted by atomic mass is 16.2. The first kappa shape index (κ1) is 13.3. The molecule has 100 valence electrons. The zero-order chi connectivity index (χ0) is 13.8. The number of nitrogens with one attached hydrogen (secondary N) is 1. The lowest BCUT2D eigenvalue weighted by Crippen LogP contribution is -2.56. The number of amides is 4. The summed E-state index contributed by atoms with van der Waals surface area (Å²) in [7, 11) is 1.38. The Balaban J connectivity index is 1.90. The maximum absolute atomic E-state index is 11.8. The van der Waals surface area contributed by atoms with E-state index in [4.69, 9.17) is 0 Å². The first-order valence-corrected chi connectivity index (χ1v) is 6.26. The van der Waals surface area contributed by atoms with E-state index in [2.05, 4.69) is 5.32 Å². The van der Waals surface area contributed by atoms with Crippen LogP contribution in [0.25, 0.3) is 0 Å². The second-order valence-corrected chi connectivity index (χ2v) is 4.62. The number of carbonyl (C=O) groups is 3. The standard InChI is InChI=1S/C14H16N2O3/c1-16-13(18)11(12(17)15-14(16)19)9-5-8-10-6-3-2-4-7-10/h2-4,6-7,11H,5,8-9H2,1H3,(H,15,17,19). The van der Waals surface area contributed by atoms with Gasteiger partial charge in [-0.1, -0.05) is 30.3 Å². The molecule has 0 aliphatic carbocycles. The van der Waals surface area contributed by atoms with Crippen LogP contribution in [-0.2, 0) is 16.0 Å². The molecule has 1 saturated heterocycles. The minimum atomic E-state index is -0.744. The second-order valence-electron chi connectivity index (χ2n) is 4.62. The van der Waals surface area contributed by atoms with Gasteiger partial charge in [-0.15, -0.1) is 0 Å². The van der Waals surface area contributed by atoms with Gasteiger partial charge in [0.05, 0.1) is 0 Å². The fourth-order valence-corrected chi connectivity index (χ4v) is 2.13. The smallest absolute Gasteiger partial charge is 0.277 e. The van der Waals surface area contributed by atoms with Crippen LogP contribution in [0.3, 0.4) is 0 Å². The van der Waals surface area contributed by atoms with Crippen molar-refractivity contribution in [1.29, 1.82) is 0 Å². The number of hydrogen-bond acceptors (Lipinski definition) is 3. The Morgan fingerprint density at radius 3 is 2.53 bits per heavy atom. The van der Waals surface area contributed by atoms with Gasteiger partial charge in [-0.05, 0) is 24.8 Å². The molecule has 5 heteroatoms. The van der Waals surface area contributed by atoms with E-state index in [1.807, 2.05) is 30.3 Å². The highest BCUT2D eigenvalue weighted by Gasteiger charge is 2.37. The van der Waals surface area contributed by atoms with Gasteiger partial charge in [-0.3, -0.25) is 19.8 Å². The Bertz CT molecular complexity index is 499. The third-order valence-corrected chi connectivity index (χ3v) is 3.28. The van der Waals surface area contributed by atoms with Gasteiger partial charge in [0.2, 0.25) is 11.8 Å². The van der Waals surface area contributed by atoms with Crippen molar-refractivity contribution in [2.45, 2.75) is 19.3 Å². The van der Waals surface area contributed by atoms with Crippen LogP contribution >= 0.6 is 0 Å². The minimum Gasteiger partial charge on any atom is -0.277 e. The number of benzene rings is 1. The minimum absolute atomic E-state index is 0.415. The van der Waals surface area contributed by atoms with Crippen LogP contribution in [0, 0.1) is 5.92 Å². The highest BCUT2D eigenvalue weighted by molar-refractivity contribution is 6.15. The molecule has 1 atom stereocenters. The lowest BCUT2D eigenvalue weighted by atomic mass is 9.96. The number of rotatable bonds is 4. The fraction of sp³-hybridized carbons (Fsp3) is 0.357. The maximum atomic E-state index is 11.8. The Hall–Kier alpha value is -2.17. The topological polar surface area (TPSA) is 66.5 Å². The summed E-state index contributed by atoms with van der Waals surface area (Å²) in [6.07, 6.45) is 2.00. The molecule has 1 aromatic carbocycles. The van der Waals surface area contributed by atoms with Crippen LogP contribution in [-0.4, -0.2) is 29.8 Å². The summed E-state index contributed by atoms with van der Waals surface area (Å²) < 4.78 is 0. The molecule has 2 rings (SSSR count). The number of hydrogen-bond donors (Lipinski definition) is 1. The van der Waals surface area contributed by atoms with Gasteiger partial charge in [0.25, 0.3) is 0 Å². The molecule has 1 aliphatic heterocycles. The fourth-order valence-electron chi connectivity index (χ4n) is 2.13. The molecule has 1 aliphatic rings. The van der Waals surface area contributed by atoms with E-state index in [1.165, 1.54) is 12.6 Å². The summed E-state index contributed by atoms with van der Waals surface area (Å²) in [6, 6.07) is 9.24. The first-order chi connectivity index (χ1) is 9.09. The number of barbiturate groups is 1. The van der Waals surface area contributed by atoms with E-state index in [9.17, 15) is 14.4 Å². The molecule has 1 unspecified atom stereocenters. The van der Waals surface area contributed by atoms with E-state index in [1.54, 1.807) is 0 Å². The van der Waals surface area contributed by atoms with Crippen molar-refractivity contribution >= 4 is 17.8 Å². The predicted octanol–water partition coefficient (Wildman–Crippen LogP) is 1.33. The van der Waals surface area contributed by atoms with Gasteiger partial charge < -0.3 is 0 Å². The molecule has 19 heavy (non-hydrogen) atoms. The highest BCUT2D eigenvalue weighted by Crippen LogP contribution is 2.16.